The van der Waals surface area contributed by atoms with Crippen molar-refractivity contribution in [3.63, 3.8) is 0 Å². The van der Waals surface area contributed by atoms with Crippen LogP contribution in [-0.4, -0.2) is 37.8 Å². The fourth-order valence-corrected chi connectivity index (χ4v) is 1.43. The van der Waals surface area contributed by atoms with E-state index >= 15 is 0 Å². The first kappa shape index (κ1) is 13.0. The van der Waals surface area contributed by atoms with Crippen molar-refractivity contribution in [2.45, 2.75) is 6.10 Å². The molecular weight excluding hydrogens is 232 g/mol. The Morgan fingerprint density at radius 2 is 2.25 bits per heavy atom. The quantitative estimate of drug-likeness (QED) is 0.772. The average Bonchev–Trinajstić information content (AvgIpc) is 2.27. The van der Waals surface area contributed by atoms with Gasteiger partial charge in [0, 0.05) is 7.11 Å². The molecule has 1 unspecified atom stereocenters. The zero-order valence-electron chi connectivity index (χ0n) is 8.85. The second-order valence-corrected chi connectivity index (χ2v) is 3.60. The minimum Gasteiger partial charge on any atom is -0.488 e. The van der Waals surface area contributed by atoms with Gasteiger partial charge in [-0.2, -0.15) is 0 Å². The molecule has 0 aliphatic carbocycles. The minimum absolute atomic E-state index is 0.0262. The van der Waals surface area contributed by atoms with Crippen molar-refractivity contribution >= 4 is 17.9 Å². The monoisotopic (exact) mass is 244 g/mol. The van der Waals surface area contributed by atoms with E-state index in [9.17, 15) is 9.90 Å². The minimum atomic E-state index is -0.749. The van der Waals surface area contributed by atoms with Crippen LogP contribution in [0.2, 0.25) is 5.02 Å². The Kier molecular flexibility index (Phi) is 5.25. The van der Waals surface area contributed by atoms with E-state index in [4.69, 9.17) is 21.1 Å². The number of para-hydroxylation sites is 1. The molecule has 88 valence electrons. The summed E-state index contributed by atoms with van der Waals surface area (Å²) in [6.45, 7) is 0.194. The molecule has 0 bridgehead atoms. The molecule has 0 saturated carbocycles. The Labute approximate surface area is 98.7 Å². The summed E-state index contributed by atoms with van der Waals surface area (Å²) in [5, 5.41) is 9.73. The molecule has 5 heteroatoms. The standard InChI is InChI=1S/C11H13ClO4/c1-15-6-9(14)7-16-11-8(5-13)3-2-4-10(11)12/h2-5,9,14H,6-7H2,1H3. The zero-order chi connectivity index (χ0) is 12.0. The summed E-state index contributed by atoms with van der Waals surface area (Å²) in [7, 11) is 1.48. The highest BCUT2D eigenvalue weighted by Crippen LogP contribution is 2.27. The molecular formula is C11H13ClO4. The Morgan fingerprint density at radius 3 is 2.88 bits per heavy atom. The van der Waals surface area contributed by atoms with Crippen LogP contribution < -0.4 is 4.74 Å². The number of aliphatic hydroxyl groups is 1. The Balaban J connectivity index is 2.69. The third kappa shape index (κ3) is 3.48. The Morgan fingerprint density at radius 1 is 1.50 bits per heavy atom. The number of carbonyl (C=O) groups is 1. The van der Waals surface area contributed by atoms with E-state index in [0.717, 1.165) is 0 Å². The first-order chi connectivity index (χ1) is 7.69. The smallest absolute Gasteiger partial charge is 0.153 e. The van der Waals surface area contributed by atoms with Gasteiger partial charge in [-0.25, -0.2) is 0 Å². The largest absolute Gasteiger partial charge is 0.488 e. The number of aldehydes is 1. The molecule has 1 rings (SSSR count). The lowest BCUT2D eigenvalue weighted by Crippen LogP contribution is -2.23. The maximum atomic E-state index is 10.7. The lowest BCUT2D eigenvalue weighted by molar-refractivity contribution is 0.0324. The molecule has 0 spiro atoms. The summed E-state index contributed by atoms with van der Waals surface area (Å²) in [6.07, 6.45) is -0.0926. The van der Waals surface area contributed by atoms with Crippen molar-refractivity contribution in [1.82, 2.24) is 0 Å². The van der Waals surface area contributed by atoms with Crippen LogP contribution in [0.15, 0.2) is 18.2 Å². The lowest BCUT2D eigenvalue weighted by Gasteiger charge is -2.13. The topological polar surface area (TPSA) is 55.8 Å². The number of hydrogen-bond acceptors (Lipinski definition) is 4. The zero-order valence-corrected chi connectivity index (χ0v) is 9.61. The van der Waals surface area contributed by atoms with Gasteiger partial charge < -0.3 is 14.6 Å². The van der Waals surface area contributed by atoms with Crippen LogP contribution in [0.4, 0.5) is 0 Å². The number of rotatable bonds is 6. The molecule has 0 amide bonds. The van der Waals surface area contributed by atoms with E-state index in [1.165, 1.54) is 7.11 Å². The highest BCUT2D eigenvalue weighted by atomic mass is 35.5. The van der Waals surface area contributed by atoms with Gasteiger partial charge in [-0.15, -0.1) is 0 Å². The Bertz CT molecular complexity index is 354. The maximum Gasteiger partial charge on any atom is 0.153 e. The van der Waals surface area contributed by atoms with Gasteiger partial charge in [-0.3, -0.25) is 4.79 Å². The summed E-state index contributed by atoms with van der Waals surface area (Å²) < 4.78 is 10.0. The van der Waals surface area contributed by atoms with Gasteiger partial charge in [0.1, 0.15) is 18.5 Å². The number of ether oxygens (including phenoxy) is 2. The van der Waals surface area contributed by atoms with Gasteiger partial charge in [0.2, 0.25) is 0 Å². The van der Waals surface area contributed by atoms with E-state index in [2.05, 4.69) is 0 Å². The van der Waals surface area contributed by atoms with Crippen molar-refractivity contribution in [2.24, 2.45) is 0 Å². The van der Waals surface area contributed by atoms with Gasteiger partial charge in [0.05, 0.1) is 17.2 Å². The van der Waals surface area contributed by atoms with E-state index in [1.807, 2.05) is 0 Å². The number of hydrogen-bond donors (Lipinski definition) is 1. The predicted molar refractivity (Wildman–Crippen MR) is 60.2 cm³/mol. The summed E-state index contributed by atoms with van der Waals surface area (Å²) in [4.78, 5) is 10.7. The highest BCUT2D eigenvalue weighted by molar-refractivity contribution is 6.32. The van der Waals surface area contributed by atoms with Gasteiger partial charge >= 0.3 is 0 Å². The van der Waals surface area contributed by atoms with Gasteiger partial charge in [0.15, 0.2) is 6.29 Å². The lowest BCUT2D eigenvalue weighted by atomic mass is 10.2. The fourth-order valence-electron chi connectivity index (χ4n) is 1.19. The molecule has 1 aromatic rings. The normalized spacial score (nSPS) is 12.2. The number of carbonyl (C=O) groups excluding carboxylic acids is 1. The molecule has 4 nitrogen and oxygen atoms in total. The summed E-state index contributed by atoms with van der Waals surface area (Å²) in [6, 6.07) is 4.87. The molecule has 0 aliphatic rings. The number of benzene rings is 1. The van der Waals surface area contributed by atoms with Crippen LogP contribution in [0.1, 0.15) is 10.4 Å². The molecule has 0 aliphatic heterocycles. The van der Waals surface area contributed by atoms with Crippen molar-refractivity contribution in [2.75, 3.05) is 20.3 Å². The van der Waals surface area contributed by atoms with Crippen LogP contribution >= 0.6 is 11.6 Å². The summed E-state index contributed by atoms with van der Waals surface area (Å²) in [5.41, 5.74) is 0.358. The van der Waals surface area contributed by atoms with Crippen LogP contribution in [0.5, 0.6) is 5.75 Å². The van der Waals surface area contributed by atoms with Crippen molar-refractivity contribution in [3.05, 3.63) is 28.8 Å². The Hall–Kier alpha value is -1.10. The van der Waals surface area contributed by atoms with Crippen molar-refractivity contribution in [1.29, 1.82) is 0 Å². The third-order valence-corrected chi connectivity index (χ3v) is 2.20. The number of aliphatic hydroxyl groups excluding tert-OH is 1. The van der Waals surface area contributed by atoms with E-state index < -0.39 is 6.10 Å². The van der Waals surface area contributed by atoms with Crippen LogP contribution in [0, 0.1) is 0 Å². The van der Waals surface area contributed by atoms with Crippen molar-refractivity contribution < 1.29 is 19.4 Å². The molecule has 1 atom stereocenters. The van der Waals surface area contributed by atoms with E-state index in [-0.39, 0.29) is 19.0 Å². The molecule has 0 radical (unpaired) electrons. The fraction of sp³-hybridized carbons (Fsp3) is 0.364. The molecule has 1 N–H and O–H groups in total. The van der Waals surface area contributed by atoms with E-state index in [0.29, 0.717) is 16.9 Å². The summed E-state index contributed by atoms with van der Waals surface area (Å²) in [5.74, 6) is 0.286. The predicted octanol–water partition coefficient (Wildman–Crippen LogP) is 1.54. The third-order valence-electron chi connectivity index (χ3n) is 1.90. The SMILES string of the molecule is COCC(O)COc1c(Cl)cccc1C=O. The second kappa shape index (κ2) is 6.48. The second-order valence-electron chi connectivity index (χ2n) is 3.20. The molecule has 0 heterocycles. The summed E-state index contributed by atoms with van der Waals surface area (Å²) >= 11 is 5.87. The first-order valence-electron chi connectivity index (χ1n) is 4.72. The van der Waals surface area contributed by atoms with Crippen LogP contribution in [0.3, 0.4) is 0 Å². The highest BCUT2D eigenvalue weighted by Gasteiger charge is 2.10. The van der Waals surface area contributed by atoms with Gasteiger partial charge in [-0.1, -0.05) is 17.7 Å². The van der Waals surface area contributed by atoms with E-state index in [1.54, 1.807) is 18.2 Å². The molecule has 1 aromatic carbocycles. The van der Waals surface area contributed by atoms with Crippen LogP contribution in [0.25, 0.3) is 0 Å². The van der Waals surface area contributed by atoms with Crippen molar-refractivity contribution in [3.8, 4) is 5.75 Å². The molecule has 16 heavy (non-hydrogen) atoms. The first-order valence-corrected chi connectivity index (χ1v) is 5.10. The number of halogens is 1. The molecule has 0 aromatic heterocycles. The maximum absolute atomic E-state index is 10.7. The average molecular weight is 245 g/mol. The number of methoxy groups -OCH3 is 1. The van der Waals surface area contributed by atoms with Gasteiger partial charge in [-0.05, 0) is 12.1 Å². The molecule has 0 saturated heterocycles. The van der Waals surface area contributed by atoms with Crippen LogP contribution in [-0.2, 0) is 4.74 Å². The molecule has 0 fully saturated rings. The van der Waals surface area contributed by atoms with Gasteiger partial charge in [0.25, 0.3) is 0 Å².